The van der Waals surface area contributed by atoms with Gasteiger partial charge in [-0.3, -0.25) is 9.98 Å². The third-order valence-corrected chi connectivity index (χ3v) is 3.56. The Morgan fingerprint density at radius 3 is 2.50 bits per heavy atom. The van der Waals surface area contributed by atoms with Gasteiger partial charge in [-0.2, -0.15) is 11.5 Å². The number of allylic oxidation sites excluding steroid dienone is 2. The van der Waals surface area contributed by atoms with E-state index in [1.807, 2.05) is 24.3 Å². The normalized spacial score (nSPS) is 12.3. The summed E-state index contributed by atoms with van der Waals surface area (Å²) in [5, 5.41) is 27.3. The van der Waals surface area contributed by atoms with Gasteiger partial charge in [0.2, 0.25) is 0 Å². The Morgan fingerprint density at radius 2 is 1.97 bits per heavy atom. The van der Waals surface area contributed by atoms with Crippen molar-refractivity contribution in [2.24, 2.45) is 9.98 Å². The smallest absolute Gasteiger partial charge is 0.663 e. The Hall–Kier alpha value is -3.10. The molecule has 0 spiro atoms. The van der Waals surface area contributed by atoms with Crippen molar-refractivity contribution in [2.75, 3.05) is 0 Å². The first-order chi connectivity index (χ1) is 13.9. The number of aliphatic imine (C=N–C) groups is 2. The number of hydrogen-bond acceptors (Lipinski definition) is 6. The van der Waals surface area contributed by atoms with E-state index in [4.69, 9.17) is 43.8 Å². The molecule has 156 valence electrons. The van der Waals surface area contributed by atoms with Gasteiger partial charge in [0.1, 0.15) is 0 Å². The number of rotatable bonds is 4. The van der Waals surface area contributed by atoms with Crippen LogP contribution in [-0.2, 0) is 16.8 Å². The Balaban J connectivity index is 0.000000925. The van der Waals surface area contributed by atoms with Gasteiger partial charge < -0.3 is 25.6 Å². The third kappa shape index (κ3) is 10.4. The molecule has 2 aromatic rings. The van der Waals surface area contributed by atoms with Gasteiger partial charge in [0.15, 0.2) is 0 Å². The van der Waals surface area contributed by atoms with Gasteiger partial charge in [-0.15, -0.1) is 17.6 Å². The van der Waals surface area contributed by atoms with Crippen molar-refractivity contribution in [2.45, 2.75) is 6.92 Å². The molecule has 0 fully saturated rings. The molecule has 12 heteroatoms. The van der Waals surface area contributed by atoms with Crippen LogP contribution in [-0.4, -0.2) is 17.5 Å². The summed E-state index contributed by atoms with van der Waals surface area (Å²) in [4.78, 5) is 20.9. The summed E-state index contributed by atoms with van der Waals surface area (Å²) in [5.74, 6) is 0. The molecule has 0 bridgehead atoms. The van der Waals surface area contributed by atoms with Gasteiger partial charge >= 0.3 is 16.8 Å². The quantitative estimate of drug-likeness (QED) is 0.316. The second kappa shape index (κ2) is 14.8. The maximum Gasteiger partial charge on any atom is 3.00 e. The molecule has 0 amide bonds. The summed E-state index contributed by atoms with van der Waals surface area (Å²) < 4.78 is 0. The fraction of sp³-hybridized carbons (Fsp3) is 0.0556. The van der Waals surface area contributed by atoms with Crippen LogP contribution in [0.4, 0.5) is 11.4 Å². The number of aromatic nitrogens is 1. The molecule has 1 aliphatic rings. The van der Waals surface area contributed by atoms with Crippen LogP contribution in [0.3, 0.4) is 0 Å². The van der Waals surface area contributed by atoms with Gasteiger partial charge in [-0.25, -0.2) is 0 Å². The van der Waals surface area contributed by atoms with Gasteiger partial charge in [0.25, 0.3) is 0 Å². The topological polar surface area (TPSA) is 143 Å². The summed E-state index contributed by atoms with van der Waals surface area (Å²) in [6.07, 6.45) is 10.4. The average molecular weight is 491 g/mol. The molecule has 0 N–H and O–H groups in total. The van der Waals surface area contributed by atoms with E-state index in [-0.39, 0.29) is 16.8 Å². The van der Waals surface area contributed by atoms with Crippen molar-refractivity contribution in [3.63, 3.8) is 0 Å². The van der Waals surface area contributed by atoms with Crippen LogP contribution in [0.25, 0.3) is 5.32 Å². The summed E-state index contributed by atoms with van der Waals surface area (Å²) in [5.41, 5.74) is 2.75. The van der Waals surface area contributed by atoms with Crippen LogP contribution in [0.1, 0.15) is 12.6 Å². The van der Waals surface area contributed by atoms with Gasteiger partial charge in [-0.05, 0) is 18.2 Å². The van der Waals surface area contributed by atoms with Gasteiger partial charge in [0.05, 0.1) is 21.2 Å². The number of hydrogen-bond donors (Lipinski definition) is 0. The minimum Gasteiger partial charge on any atom is -0.663 e. The molecule has 0 unspecified atom stereocenters. The summed E-state index contributed by atoms with van der Waals surface area (Å²) in [7, 11) is 0. The molecule has 1 aliphatic heterocycles. The monoisotopic (exact) mass is 490 g/mol. The van der Waals surface area contributed by atoms with E-state index in [0.717, 1.165) is 11.4 Å². The van der Waals surface area contributed by atoms with E-state index >= 15 is 0 Å². The zero-order valence-corrected chi connectivity index (χ0v) is 17.8. The molecule has 0 radical (unpaired) electrons. The maximum absolute atomic E-state index is 8.25. The second-order valence-corrected chi connectivity index (χ2v) is 5.66. The summed E-state index contributed by atoms with van der Waals surface area (Å²) in [6, 6.07) is 8.80. The van der Waals surface area contributed by atoms with E-state index in [0.29, 0.717) is 21.4 Å². The van der Waals surface area contributed by atoms with Crippen molar-refractivity contribution < 1.29 is 21.9 Å². The summed E-state index contributed by atoms with van der Waals surface area (Å²) in [6.45, 7) is 1.43. The molecule has 3 rings (SSSR count). The molecular formula is C18H13Cl2CoN6O3. The molecule has 9 nitrogen and oxygen atoms in total. The molecule has 0 saturated heterocycles. The summed E-state index contributed by atoms with van der Waals surface area (Å²) >= 11 is 12.1. The van der Waals surface area contributed by atoms with E-state index in [9.17, 15) is 0 Å². The Morgan fingerprint density at radius 1 is 1.33 bits per heavy atom. The fourth-order valence-electron chi connectivity index (χ4n) is 1.78. The zero-order chi connectivity index (χ0) is 21.6. The maximum atomic E-state index is 8.25. The molecule has 0 saturated carbocycles. The van der Waals surface area contributed by atoms with Crippen LogP contribution < -0.4 is 4.98 Å². The third-order valence-electron chi connectivity index (χ3n) is 2.84. The van der Waals surface area contributed by atoms with Crippen molar-refractivity contribution >= 4 is 47.0 Å². The Labute approximate surface area is 192 Å². The first-order valence-electron chi connectivity index (χ1n) is 7.72. The van der Waals surface area contributed by atoms with E-state index in [1.54, 1.807) is 43.0 Å². The van der Waals surface area contributed by atoms with Crippen LogP contribution >= 0.6 is 23.2 Å². The molecule has 0 aliphatic carbocycles. The average Bonchev–Trinajstić information content (AvgIpc) is 3.35. The van der Waals surface area contributed by atoms with Crippen molar-refractivity contribution in [3.05, 3.63) is 90.9 Å². The van der Waals surface area contributed by atoms with Crippen LogP contribution in [0.5, 0.6) is 0 Å². The Bertz CT molecular complexity index is 965. The first-order valence-corrected chi connectivity index (χ1v) is 8.48. The van der Waals surface area contributed by atoms with E-state index < -0.39 is 5.09 Å². The molecular weight excluding hydrogens is 478 g/mol. The van der Waals surface area contributed by atoms with Crippen molar-refractivity contribution in [1.29, 1.82) is 5.26 Å². The largest absolute Gasteiger partial charge is 3.00 e. The minimum atomic E-state index is -1.75. The van der Waals surface area contributed by atoms with E-state index in [2.05, 4.69) is 20.3 Å². The van der Waals surface area contributed by atoms with Crippen molar-refractivity contribution in [1.82, 2.24) is 4.98 Å². The first kappa shape index (κ1) is 26.9. The van der Waals surface area contributed by atoms with Crippen LogP contribution in [0.2, 0.25) is 10.0 Å². The second-order valence-electron chi connectivity index (χ2n) is 4.84. The van der Waals surface area contributed by atoms with Crippen LogP contribution in [0.15, 0.2) is 64.5 Å². The van der Waals surface area contributed by atoms with Gasteiger partial charge in [0, 0.05) is 30.7 Å². The predicted molar refractivity (Wildman–Crippen MR) is 114 cm³/mol. The number of nitriles is 1. The van der Waals surface area contributed by atoms with Crippen molar-refractivity contribution in [3.8, 4) is 6.07 Å². The fourth-order valence-corrected chi connectivity index (χ4v) is 2.10. The van der Waals surface area contributed by atoms with Crippen LogP contribution in [0, 0.1) is 26.7 Å². The number of benzene rings is 1. The molecule has 2 heterocycles. The molecule has 1 aromatic heterocycles. The number of halogens is 2. The molecule has 0 atom stereocenters. The molecule has 30 heavy (non-hydrogen) atoms. The number of nitrogens with zero attached hydrogens (tertiary/aromatic N) is 6. The zero-order valence-electron chi connectivity index (χ0n) is 15.3. The predicted octanol–water partition coefficient (Wildman–Crippen LogP) is 5.48. The van der Waals surface area contributed by atoms with Gasteiger partial charge in [-0.1, -0.05) is 41.4 Å². The Kier molecular flexibility index (Phi) is 13.3. The minimum absolute atomic E-state index is 0. The molecule has 1 aromatic carbocycles. The van der Waals surface area contributed by atoms with E-state index in [1.165, 1.54) is 6.92 Å². The SMILES string of the molecule is CC#N.Clc1cc(N=Cc2ccc[n-]2)c([N-]/C=C2/C=CC=N2)cc1Cl.O=[N+]([O-])[O-].[Co+3]. The standard InChI is InChI=1S/C16H10Cl2N4.C2H3N.Co.NO3/c17-13-7-15(21-9-11-3-1-5-19-11)16(8-14(13)18)22-10-12-4-2-6-20-12;1-2-3;;2-1(3)4/h1-10H;1H3;;/q-2;;+3;-1/b11-9-,22-10?;;;.